The lowest BCUT2D eigenvalue weighted by molar-refractivity contribution is 0.718. The molecule has 2 heteroatoms. The quantitative estimate of drug-likeness (QED) is 0.556. The summed E-state index contributed by atoms with van der Waals surface area (Å²) < 4.78 is 0. The maximum Gasteiger partial charge on any atom is 0.00736 e. The van der Waals surface area contributed by atoms with Crippen LogP contribution < -0.4 is 10.6 Å². The zero-order valence-electron chi connectivity index (χ0n) is 7.12. The summed E-state index contributed by atoms with van der Waals surface area (Å²) in [7, 11) is 3.88. The minimum absolute atomic E-state index is 1.05. The van der Waals surface area contributed by atoms with Crippen molar-refractivity contribution in [2.24, 2.45) is 0 Å². The first-order valence-electron chi connectivity index (χ1n) is 3.62. The predicted molar refractivity (Wildman–Crippen MR) is 43.8 cm³/mol. The maximum atomic E-state index is 3.01. The highest BCUT2D eigenvalue weighted by Gasteiger charge is 1.70. The standard InChI is InChI=1S/C4H12N2.C3H8/c1-5-3-4-6-2;1-3-2/h5-6H,3-4H2,1-2H3;3H2,1-2H3. The van der Waals surface area contributed by atoms with Gasteiger partial charge >= 0.3 is 0 Å². The van der Waals surface area contributed by atoms with E-state index in [9.17, 15) is 0 Å². The Morgan fingerprint density at radius 1 is 0.889 bits per heavy atom. The molecule has 2 N–H and O–H groups in total. The lowest BCUT2D eigenvalue weighted by Crippen LogP contribution is -2.21. The summed E-state index contributed by atoms with van der Waals surface area (Å²) in [6, 6.07) is 0. The van der Waals surface area contributed by atoms with E-state index in [-0.39, 0.29) is 0 Å². The van der Waals surface area contributed by atoms with Crippen molar-refractivity contribution >= 4 is 0 Å². The van der Waals surface area contributed by atoms with Gasteiger partial charge in [0.1, 0.15) is 0 Å². The van der Waals surface area contributed by atoms with Crippen molar-refractivity contribution in [3.05, 3.63) is 0 Å². The second-order valence-electron chi connectivity index (χ2n) is 1.91. The highest BCUT2D eigenvalue weighted by molar-refractivity contribution is 4.38. The van der Waals surface area contributed by atoms with Gasteiger partial charge in [0.2, 0.25) is 0 Å². The molecular weight excluding hydrogens is 112 g/mol. The van der Waals surface area contributed by atoms with Crippen molar-refractivity contribution in [2.75, 3.05) is 27.2 Å². The molecule has 0 amide bonds. The summed E-state index contributed by atoms with van der Waals surface area (Å²) in [5.74, 6) is 0. The van der Waals surface area contributed by atoms with Gasteiger partial charge < -0.3 is 10.6 Å². The largest absolute Gasteiger partial charge is 0.318 e. The van der Waals surface area contributed by atoms with Crippen LogP contribution in [-0.2, 0) is 0 Å². The third-order valence-electron chi connectivity index (χ3n) is 0.625. The first-order chi connectivity index (χ1) is 4.33. The lowest BCUT2D eigenvalue weighted by atomic mass is 10.6. The maximum absolute atomic E-state index is 3.01. The Morgan fingerprint density at radius 3 is 1.22 bits per heavy atom. The summed E-state index contributed by atoms with van der Waals surface area (Å²) in [4.78, 5) is 0. The molecule has 2 nitrogen and oxygen atoms in total. The van der Waals surface area contributed by atoms with Gasteiger partial charge in [-0.05, 0) is 14.1 Å². The van der Waals surface area contributed by atoms with Gasteiger partial charge in [-0.15, -0.1) is 0 Å². The Bertz CT molecular complexity index is 26.1. The van der Waals surface area contributed by atoms with E-state index in [0.717, 1.165) is 13.1 Å². The fourth-order valence-electron chi connectivity index (χ4n) is 0.250. The van der Waals surface area contributed by atoms with E-state index in [1.165, 1.54) is 6.42 Å². The van der Waals surface area contributed by atoms with Crippen LogP contribution >= 0.6 is 0 Å². The summed E-state index contributed by atoms with van der Waals surface area (Å²) in [5.41, 5.74) is 0. The molecule has 0 heterocycles. The molecule has 9 heavy (non-hydrogen) atoms. The van der Waals surface area contributed by atoms with E-state index in [1.807, 2.05) is 14.1 Å². The number of hydrogen-bond donors (Lipinski definition) is 2. The molecule has 0 saturated heterocycles. The lowest BCUT2D eigenvalue weighted by Gasteiger charge is -1.92. The summed E-state index contributed by atoms with van der Waals surface area (Å²) in [6.45, 7) is 6.35. The molecule has 0 bridgehead atoms. The first kappa shape index (κ1) is 11.7. The third kappa shape index (κ3) is 32.6. The Balaban J connectivity index is 0. The van der Waals surface area contributed by atoms with Gasteiger partial charge in [0, 0.05) is 13.1 Å². The van der Waals surface area contributed by atoms with Crippen LogP contribution in [0.25, 0.3) is 0 Å². The van der Waals surface area contributed by atoms with Crippen LogP contribution in [0.1, 0.15) is 20.3 Å². The van der Waals surface area contributed by atoms with Gasteiger partial charge in [-0.1, -0.05) is 20.3 Å². The molecular formula is C7H20N2. The number of rotatable bonds is 3. The molecule has 0 saturated carbocycles. The molecule has 0 fully saturated rings. The van der Waals surface area contributed by atoms with Crippen molar-refractivity contribution in [2.45, 2.75) is 20.3 Å². The molecule has 0 unspecified atom stereocenters. The van der Waals surface area contributed by atoms with Crippen molar-refractivity contribution in [3.63, 3.8) is 0 Å². The molecule has 0 aliphatic carbocycles. The monoisotopic (exact) mass is 132 g/mol. The molecule has 0 aliphatic rings. The van der Waals surface area contributed by atoms with Crippen molar-refractivity contribution in [3.8, 4) is 0 Å². The average molecular weight is 132 g/mol. The molecule has 0 aromatic carbocycles. The minimum Gasteiger partial charge on any atom is -0.318 e. The van der Waals surface area contributed by atoms with E-state index in [0.29, 0.717) is 0 Å². The van der Waals surface area contributed by atoms with Gasteiger partial charge in [0.15, 0.2) is 0 Å². The molecule has 0 radical (unpaired) electrons. The molecule has 0 spiro atoms. The Morgan fingerprint density at radius 2 is 1.11 bits per heavy atom. The van der Waals surface area contributed by atoms with Crippen molar-refractivity contribution in [1.29, 1.82) is 0 Å². The highest BCUT2D eigenvalue weighted by Crippen LogP contribution is 1.56. The highest BCUT2D eigenvalue weighted by atomic mass is 14.9. The minimum atomic E-state index is 1.05. The van der Waals surface area contributed by atoms with Crippen LogP contribution in [0, 0.1) is 0 Å². The second-order valence-corrected chi connectivity index (χ2v) is 1.91. The van der Waals surface area contributed by atoms with Crippen LogP contribution in [0.2, 0.25) is 0 Å². The van der Waals surface area contributed by atoms with Crippen molar-refractivity contribution < 1.29 is 0 Å². The van der Waals surface area contributed by atoms with Crippen LogP contribution in [0.3, 0.4) is 0 Å². The fraction of sp³-hybridized carbons (Fsp3) is 1.00. The Labute approximate surface area is 59.0 Å². The van der Waals surface area contributed by atoms with E-state index in [1.54, 1.807) is 0 Å². The number of nitrogens with one attached hydrogen (secondary N) is 2. The predicted octanol–water partition coefficient (Wildman–Crippen LogP) is 0.842. The first-order valence-corrected chi connectivity index (χ1v) is 3.62. The normalized spacial score (nSPS) is 8.00. The summed E-state index contributed by atoms with van der Waals surface area (Å²) in [5, 5.41) is 6.01. The van der Waals surface area contributed by atoms with Crippen LogP contribution in [0.15, 0.2) is 0 Å². The van der Waals surface area contributed by atoms with Gasteiger partial charge in [-0.2, -0.15) is 0 Å². The molecule has 0 aromatic heterocycles. The fourth-order valence-corrected chi connectivity index (χ4v) is 0.250. The van der Waals surface area contributed by atoms with E-state index in [4.69, 9.17) is 0 Å². The zero-order chi connectivity index (χ0) is 7.54. The molecule has 0 aliphatic heterocycles. The third-order valence-corrected chi connectivity index (χ3v) is 0.625. The Hall–Kier alpha value is -0.0800. The van der Waals surface area contributed by atoms with Gasteiger partial charge in [-0.3, -0.25) is 0 Å². The van der Waals surface area contributed by atoms with E-state index in [2.05, 4.69) is 24.5 Å². The van der Waals surface area contributed by atoms with Crippen LogP contribution in [0.4, 0.5) is 0 Å². The van der Waals surface area contributed by atoms with Crippen LogP contribution in [0.5, 0.6) is 0 Å². The average Bonchev–Trinajstić information content (AvgIpc) is 1.86. The SMILES string of the molecule is CCC.CNCCNC. The topological polar surface area (TPSA) is 24.1 Å². The number of likely N-dealkylation sites (N-methyl/N-ethyl adjacent to an activating group) is 2. The molecule has 0 atom stereocenters. The van der Waals surface area contributed by atoms with E-state index < -0.39 is 0 Å². The number of hydrogen-bond acceptors (Lipinski definition) is 2. The van der Waals surface area contributed by atoms with Gasteiger partial charge in [0.25, 0.3) is 0 Å². The molecule has 58 valence electrons. The molecule has 0 rings (SSSR count). The van der Waals surface area contributed by atoms with Crippen LogP contribution in [-0.4, -0.2) is 27.2 Å². The zero-order valence-corrected chi connectivity index (χ0v) is 7.12. The van der Waals surface area contributed by atoms with Crippen molar-refractivity contribution in [1.82, 2.24) is 10.6 Å². The van der Waals surface area contributed by atoms with Gasteiger partial charge in [0.05, 0.1) is 0 Å². The molecule has 0 aromatic rings. The summed E-state index contributed by atoms with van der Waals surface area (Å²) >= 11 is 0. The van der Waals surface area contributed by atoms with Gasteiger partial charge in [-0.25, -0.2) is 0 Å². The smallest absolute Gasteiger partial charge is 0.00736 e. The summed E-state index contributed by atoms with van der Waals surface area (Å²) in [6.07, 6.45) is 1.25. The van der Waals surface area contributed by atoms with E-state index >= 15 is 0 Å². The Kier molecular flexibility index (Phi) is 20.3. The second kappa shape index (κ2) is 15.7.